The molecule has 0 spiro atoms. The van der Waals surface area contributed by atoms with Crippen LogP contribution in [0.15, 0.2) is 9.95 Å². The van der Waals surface area contributed by atoms with Gasteiger partial charge in [0.15, 0.2) is 5.16 Å². The van der Waals surface area contributed by atoms with Crippen LogP contribution in [0, 0.1) is 0 Å². The van der Waals surface area contributed by atoms with Gasteiger partial charge in [0, 0.05) is 16.7 Å². The maximum absolute atomic E-state index is 12.5. The third-order valence-corrected chi connectivity index (χ3v) is 5.80. The highest BCUT2D eigenvalue weighted by atomic mass is 32.2. The molecule has 0 radical (unpaired) electrons. The topological polar surface area (TPSA) is 34.9 Å². The van der Waals surface area contributed by atoms with Gasteiger partial charge in [0.25, 0.3) is 5.56 Å². The van der Waals surface area contributed by atoms with E-state index in [1.54, 1.807) is 23.1 Å². The summed E-state index contributed by atoms with van der Waals surface area (Å²) in [5.41, 5.74) is 1.49. The van der Waals surface area contributed by atoms with Crippen LogP contribution in [0.2, 0.25) is 0 Å². The second-order valence-electron chi connectivity index (χ2n) is 4.78. The van der Waals surface area contributed by atoms with Gasteiger partial charge in [-0.25, -0.2) is 4.98 Å². The van der Waals surface area contributed by atoms with E-state index < -0.39 is 0 Å². The van der Waals surface area contributed by atoms with Crippen molar-refractivity contribution in [1.29, 1.82) is 0 Å². The molecule has 1 aliphatic carbocycles. The Morgan fingerprint density at radius 2 is 2.29 bits per heavy atom. The number of rotatable bonds is 0. The van der Waals surface area contributed by atoms with Crippen molar-refractivity contribution in [1.82, 2.24) is 9.55 Å². The highest BCUT2D eigenvalue weighted by molar-refractivity contribution is 7.99. The molecule has 5 heteroatoms. The molecule has 1 unspecified atom stereocenters. The van der Waals surface area contributed by atoms with Crippen molar-refractivity contribution < 1.29 is 0 Å². The Bertz CT molecular complexity index is 686. The van der Waals surface area contributed by atoms with Gasteiger partial charge in [0.2, 0.25) is 0 Å². The number of hydrogen-bond donors (Lipinski definition) is 0. The second-order valence-corrected chi connectivity index (χ2v) is 7.27. The largest absolute Gasteiger partial charge is 0.286 e. The van der Waals surface area contributed by atoms with Gasteiger partial charge in [-0.15, -0.1) is 11.3 Å². The lowest BCUT2D eigenvalue weighted by Gasteiger charge is -2.01. The van der Waals surface area contributed by atoms with Gasteiger partial charge in [0.05, 0.1) is 5.39 Å². The monoisotopic (exact) mass is 264 g/mol. The maximum atomic E-state index is 12.5. The van der Waals surface area contributed by atoms with Crippen molar-refractivity contribution in [3.8, 4) is 0 Å². The smallest absolute Gasteiger partial charge is 0.263 e. The van der Waals surface area contributed by atoms with Crippen LogP contribution < -0.4 is 5.56 Å². The van der Waals surface area contributed by atoms with Gasteiger partial charge in [-0.1, -0.05) is 18.7 Å². The first kappa shape index (κ1) is 10.1. The highest BCUT2D eigenvalue weighted by Crippen LogP contribution is 2.37. The molecular weight excluding hydrogens is 252 g/mol. The molecule has 2 aliphatic rings. The van der Waals surface area contributed by atoms with Gasteiger partial charge in [-0.2, -0.15) is 0 Å². The molecule has 4 rings (SSSR count). The lowest BCUT2D eigenvalue weighted by Crippen LogP contribution is -2.21. The van der Waals surface area contributed by atoms with Crippen molar-refractivity contribution in [3.05, 3.63) is 20.8 Å². The van der Waals surface area contributed by atoms with Crippen molar-refractivity contribution in [2.45, 2.75) is 43.1 Å². The molecule has 2 aromatic heterocycles. The molecule has 88 valence electrons. The van der Waals surface area contributed by atoms with E-state index in [4.69, 9.17) is 0 Å². The number of fused-ring (bicyclic) bond motifs is 4. The Balaban J connectivity index is 2.10. The minimum atomic E-state index is 0.196. The maximum Gasteiger partial charge on any atom is 0.263 e. The fraction of sp³-hybridized carbons (Fsp3) is 0.500. The second kappa shape index (κ2) is 3.36. The molecule has 0 saturated carbocycles. The van der Waals surface area contributed by atoms with Crippen LogP contribution in [0.1, 0.15) is 23.8 Å². The van der Waals surface area contributed by atoms with E-state index in [9.17, 15) is 4.79 Å². The van der Waals surface area contributed by atoms with E-state index in [1.807, 2.05) is 4.57 Å². The van der Waals surface area contributed by atoms with Crippen LogP contribution >= 0.6 is 23.1 Å². The molecule has 17 heavy (non-hydrogen) atoms. The van der Waals surface area contributed by atoms with Gasteiger partial charge in [-0.05, 0) is 24.8 Å². The van der Waals surface area contributed by atoms with E-state index in [0.717, 1.165) is 34.8 Å². The Hall–Kier alpha value is -0.810. The molecule has 0 fully saturated rings. The van der Waals surface area contributed by atoms with Crippen molar-refractivity contribution in [2.24, 2.45) is 0 Å². The number of aryl methyl sites for hydroxylation is 2. The molecule has 0 saturated heterocycles. The number of hydrogen-bond acceptors (Lipinski definition) is 4. The number of aromatic nitrogens is 2. The highest BCUT2D eigenvalue weighted by Gasteiger charge is 2.27. The number of thioether (sulfide) groups is 1. The van der Waals surface area contributed by atoms with Crippen LogP contribution in [-0.2, 0) is 19.4 Å². The van der Waals surface area contributed by atoms with E-state index in [2.05, 4.69) is 11.9 Å². The minimum Gasteiger partial charge on any atom is -0.286 e. The molecule has 3 nitrogen and oxygen atoms in total. The third-order valence-electron chi connectivity index (χ3n) is 3.54. The van der Waals surface area contributed by atoms with E-state index in [0.29, 0.717) is 5.25 Å². The standard InChI is InChI=1S/C12H12N2OS2/c1-6-5-14-11(15)9-7-3-2-4-8(7)17-10(9)13-12(14)16-6/h6H,2-5H2,1H3. The summed E-state index contributed by atoms with van der Waals surface area (Å²) >= 11 is 3.45. The zero-order chi connectivity index (χ0) is 11.6. The van der Waals surface area contributed by atoms with Gasteiger partial charge >= 0.3 is 0 Å². The first-order valence-corrected chi connectivity index (χ1v) is 7.65. The van der Waals surface area contributed by atoms with Crippen LogP contribution in [-0.4, -0.2) is 14.8 Å². The predicted octanol–water partition coefficient (Wildman–Crippen LogP) is 2.44. The third kappa shape index (κ3) is 1.29. The Morgan fingerprint density at radius 1 is 1.41 bits per heavy atom. The summed E-state index contributed by atoms with van der Waals surface area (Å²) < 4.78 is 1.86. The number of nitrogens with zero attached hydrogens (tertiary/aromatic N) is 2. The Kier molecular flexibility index (Phi) is 2.00. The average molecular weight is 264 g/mol. The minimum absolute atomic E-state index is 0.196. The Morgan fingerprint density at radius 3 is 3.18 bits per heavy atom. The van der Waals surface area contributed by atoms with Crippen molar-refractivity contribution in [2.75, 3.05) is 0 Å². The van der Waals surface area contributed by atoms with E-state index >= 15 is 0 Å². The summed E-state index contributed by atoms with van der Waals surface area (Å²) in [4.78, 5) is 19.5. The summed E-state index contributed by atoms with van der Waals surface area (Å²) in [6.07, 6.45) is 3.40. The molecule has 0 N–H and O–H groups in total. The van der Waals surface area contributed by atoms with Crippen LogP contribution in [0.5, 0.6) is 0 Å². The molecule has 1 aliphatic heterocycles. The fourth-order valence-corrected chi connectivity index (χ4v) is 5.11. The first-order valence-electron chi connectivity index (χ1n) is 5.96. The van der Waals surface area contributed by atoms with Gasteiger partial charge < -0.3 is 0 Å². The summed E-state index contributed by atoms with van der Waals surface area (Å²) in [5.74, 6) is 0. The molecule has 0 bridgehead atoms. The van der Waals surface area contributed by atoms with Crippen LogP contribution in [0.25, 0.3) is 10.2 Å². The summed E-state index contributed by atoms with van der Waals surface area (Å²) in [6, 6.07) is 0. The summed E-state index contributed by atoms with van der Waals surface area (Å²) in [5, 5.41) is 2.30. The molecule has 0 aromatic carbocycles. The van der Waals surface area contributed by atoms with E-state index in [1.165, 1.54) is 16.9 Å². The predicted molar refractivity (Wildman–Crippen MR) is 71.2 cm³/mol. The fourth-order valence-electron chi connectivity index (χ4n) is 2.78. The van der Waals surface area contributed by atoms with Gasteiger partial charge in [-0.3, -0.25) is 9.36 Å². The average Bonchev–Trinajstić information content (AvgIpc) is 2.90. The lowest BCUT2D eigenvalue weighted by molar-refractivity contribution is 0.629. The zero-order valence-corrected chi connectivity index (χ0v) is 11.2. The van der Waals surface area contributed by atoms with Crippen LogP contribution in [0.3, 0.4) is 0 Å². The molecule has 3 heterocycles. The van der Waals surface area contributed by atoms with E-state index in [-0.39, 0.29) is 5.56 Å². The SMILES string of the molecule is CC1Cn2c(nc3sc4c(c3c2=O)CCC4)S1. The first-order chi connectivity index (χ1) is 8.24. The molecule has 0 amide bonds. The zero-order valence-electron chi connectivity index (χ0n) is 9.52. The van der Waals surface area contributed by atoms with Gasteiger partial charge in [0.1, 0.15) is 4.83 Å². The molecule has 2 aromatic rings. The Labute approximate surface area is 107 Å². The number of thiophene rings is 1. The molecule has 1 atom stereocenters. The van der Waals surface area contributed by atoms with Crippen molar-refractivity contribution >= 4 is 33.3 Å². The summed E-state index contributed by atoms with van der Waals surface area (Å²) in [7, 11) is 0. The normalized spacial score (nSPS) is 22.1. The quantitative estimate of drug-likeness (QED) is 0.686. The lowest BCUT2D eigenvalue weighted by atomic mass is 10.2. The summed E-state index contributed by atoms with van der Waals surface area (Å²) in [6.45, 7) is 2.96. The van der Waals surface area contributed by atoms with Crippen molar-refractivity contribution in [3.63, 3.8) is 0 Å². The van der Waals surface area contributed by atoms with Crippen LogP contribution in [0.4, 0.5) is 0 Å². The molecular formula is C12H12N2OS2.